The van der Waals surface area contributed by atoms with Crippen molar-refractivity contribution in [2.75, 3.05) is 0 Å². The minimum atomic E-state index is -0.670. The first kappa shape index (κ1) is 10.5. The molecule has 0 fully saturated rings. The van der Waals surface area contributed by atoms with Crippen LogP contribution in [0, 0.1) is 0 Å². The van der Waals surface area contributed by atoms with Gasteiger partial charge in [0.15, 0.2) is 0 Å². The molecule has 0 atom stereocenters. The first-order valence-electron chi connectivity index (χ1n) is 3.75. The lowest BCUT2D eigenvalue weighted by molar-refractivity contribution is -0.111. The number of aromatic nitrogens is 1. The molecule has 70 valence electrons. The summed E-state index contributed by atoms with van der Waals surface area (Å²) >= 11 is 11.8. The molecule has 0 N–H and O–H groups in total. The fourth-order valence-electron chi connectivity index (χ4n) is 1.09. The molecule has 1 aromatic heterocycles. The summed E-state index contributed by atoms with van der Waals surface area (Å²) in [4.78, 5) is 14.6. The summed E-state index contributed by atoms with van der Waals surface area (Å²) in [7, 11) is 0. The lowest BCUT2D eigenvalue weighted by atomic mass is 9.87. The van der Waals surface area contributed by atoms with E-state index in [0.29, 0.717) is 15.6 Å². The first-order valence-corrected chi connectivity index (χ1v) is 4.50. The molecule has 1 aromatic rings. The Balaban J connectivity index is 3.36. The molecule has 0 bridgehead atoms. The van der Waals surface area contributed by atoms with Gasteiger partial charge in [0.25, 0.3) is 0 Å². The molecule has 2 nitrogen and oxygen atoms in total. The van der Waals surface area contributed by atoms with Crippen molar-refractivity contribution in [3.8, 4) is 0 Å². The van der Waals surface area contributed by atoms with Crippen LogP contribution in [0.3, 0.4) is 0 Å². The normalized spacial score (nSPS) is 11.4. The van der Waals surface area contributed by atoms with Gasteiger partial charge in [0, 0.05) is 23.4 Å². The van der Waals surface area contributed by atoms with Gasteiger partial charge in [-0.1, -0.05) is 23.2 Å². The van der Waals surface area contributed by atoms with Crippen molar-refractivity contribution in [1.82, 2.24) is 4.98 Å². The molecule has 0 radical (unpaired) electrons. The van der Waals surface area contributed by atoms with Gasteiger partial charge in [-0.2, -0.15) is 0 Å². The van der Waals surface area contributed by atoms with Crippen molar-refractivity contribution < 1.29 is 4.79 Å². The summed E-state index contributed by atoms with van der Waals surface area (Å²) in [5.41, 5.74) is -0.0438. The third kappa shape index (κ3) is 2.01. The standard InChI is InChI=1S/C9H9Cl2NO/c1-9(2,5-13)8-6(10)3-12-4-7(8)11/h3-5H,1-2H3. The zero-order valence-corrected chi connectivity index (χ0v) is 8.86. The molecule has 0 saturated heterocycles. The van der Waals surface area contributed by atoms with Crippen molar-refractivity contribution in [2.24, 2.45) is 0 Å². The zero-order valence-electron chi connectivity index (χ0n) is 7.34. The van der Waals surface area contributed by atoms with E-state index < -0.39 is 5.41 Å². The third-order valence-corrected chi connectivity index (χ3v) is 2.37. The van der Waals surface area contributed by atoms with Crippen LogP contribution in [-0.4, -0.2) is 11.3 Å². The SMILES string of the molecule is CC(C)(C=O)c1c(Cl)cncc1Cl. The number of hydrogen-bond donors (Lipinski definition) is 0. The molecule has 4 heteroatoms. The fraction of sp³-hybridized carbons (Fsp3) is 0.333. The predicted octanol–water partition coefficient (Wildman–Crippen LogP) is 2.86. The van der Waals surface area contributed by atoms with Crippen molar-refractivity contribution in [1.29, 1.82) is 0 Å². The van der Waals surface area contributed by atoms with E-state index in [9.17, 15) is 4.79 Å². The van der Waals surface area contributed by atoms with Gasteiger partial charge >= 0.3 is 0 Å². The smallest absolute Gasteiger partial charge is 0.130 e. The first-order chi connectivity index (χ1) is 5.99. The Morgan fingerprint density at radius 2 is 1.77 bits per heavy atom. The highest BCUT2D eigenvalue weighted by atomic mass is 35.5. The molecule has 1 rings (SSSR count). The second-order valence-corrected chi connectivity index (χ2v) is 4.13. The van der Waals surface area contributed by atoms with E-state index in [-0.39, 0.29) is 0 Å². The predicted molar refractivity (Wildman–Crippen MR) is 53.3 cm³/mol. The van der Waals surface area contributed by atoms with Crippen LogP contribution in [0.1, 0.15) is 19.4 Å². The monoisotopic (exact) mass is 217 g/mol. The second-order valence-electron chi connectivity index (χ2n) is 3.32. The van der Waals surface area contributed by atoms with E-state index in [1.165, 1.54) is 12.4 Å². The molecule has 0 amide bonds. The molecule has 0 spiro atoms. The third-order valence-electron chi connectivity index (χ3n) is 1.79. The number of carbonyl (C=O) groups is 1. The molecular formula is C9H9Cl2NO. The van der Waals surface area contributed by atoms with E-state index in [0.717, 1.165) is 6.29 Å². The lowest BCUT2D eigenvalue weighted by Gasteiger charge is -2.19. The number of halogens is 2. The molecule has 0 unspecified atom stereocenters. The zero-order chi connectivity index (χ0) is 10.1. The summed E-state index contributed by atoms with van der Waals surface area (Å²) in [5, 5.41) is 0.842. The topological polar surface area (TPSA) is 30.0 Å². The van der Waals surface area contributed by atoms with Gasteiger partial charge in [-0.25, -0.2) is 0 Å². The molecule has 0 aliphatic carbocycles. The Morgan fingerprint density at radius 1 is 1.31 bits per heavy atom. The van der Waals surface area contributed by atoms with E-state index in [1.807, 2.05) is 0 Å². The number of carbonyl (C=O) groups excluding carboxylic acids is 1. The fourth-order valence-corrected chi connectivity index (χ4v) is 1.94. The van der Waals surface area contributed by atoms with Gasteiger partial charge in [-0.15, -0.1) is 0 Å². The molecule has 0 aliphatic heterocycles. The highest BCUT2D eigenvalue weighted by molar-refractivity contribution is 6.36. The highest BCUT2D eigenvalue weighted by Crippen LogP contribution is 2.33. The molecule has 13 heavy (non-hydrogen) atoms. The average molecular weight is 218 g/mol. The van der Waals surface area contributed by atoms with Crippen LogP contribution < -0.4 is 0 Å². The Kier molecular flexibility index (Phi) is 2.94. The lowest BCUT2D eigenvalue weighted by Crippen LogP contribution is -2.20. The minimum Gasteiger partial charge on any atom is -0.302 e. The van der Waals surface area contributed by atoms with Gasteiger partial charge in [-0.3, -0.25) is 4.98 Å². The van der Waals surface area contributed by atoms with Gasteiger partial charge in [-0.05, 0) is 13.8 Å². The summed E-state index contributed by atoms with van der Waals surface area (Å²) in [6.07, 6.45) is 3.78. The number of rotatable bonds is 2. The van der Waals surface area contributed by atoms with E-state index in [4.69, 9.17) is 23.2 Å². The average Bonchev–Trinajstić information content (AvgIpc) is 2.03. The molecule has 0 aromatic carbocycles. The van der Waals surface area contributed by atoms with E-state index in [2.05, 4.69) is 4.98 Å². The Hall–Kier alpha value is -0.600. The van der Waals surface area contributed by atoms with Crippen molar-refractivity contribution in [2.45, 2.75) is 19.3 Å². The molecular weight excluding hydrogens is 209 g/mol. The van der Waals surface area contributed by atoms with Crippen LogP contribution in [0.5, 0.6) is 0 Å². The molecule has 0 saturated carbocycles. The minimum absolute atomic E-state index is 0.421. The van der Waals surface area contributed by atoms with Crippen molar-refractivity contribution >= 4 is 29.5 Å². The van der Waals surface area contributed by atoms with Gasteiger partial charge in [0.2, 0.25) is 0 Å². The summed E-state index contributed by atoms with van der Waals surface area (Å²) in [6, 6.07) is 0. The van der Waals surface area contributed by atoms with Gasteiger partial charge < -0.3 is 4.79 Å². The number of aldehydes is 1. The Labute approximate surface area is 86.9 Å². The van der Waals surface area contributed by atoms with Crippen molar-refractivity contribution in [3.05, 3.63) is 28.0 Å². The number of pyridine rings is 1. The van der Waals surface area contributed by atoms with Crippen LogP contribution in [0.25, 0.3) is 0 Å². The second kappa shape index (κ2) is 3.64. The van der Waals surface area contributed by atoms with Crippen LogP contribution >= 0.6 is 23.2 Å². The number of nitrogens with zero attached hydrogens (tertiary/aromatic N) is 1. The number of hydrogen-bond acceptors (Lipinski definition) is 2. The Morgan fingerprint density at radius 3 is 2.15 bits per heavy atom. The maximum Gasteiger partial charge on any atom is 0.130 e. The van der Waals surface area contributed by atoms with Crippen molar-refractivity contribution in [3.63, 3.8) is 0 Å². The van der Waals surface area contributed by atoms with E-state index >= 15 is 0 Å². The maximum absolute atomic E-state index is 10.8. The van der Waals surface area contributed by atoms with Crippen LogP contribution in [0.4, 0.5) is 0 Å². The largest absolute Gasteiger partial charge is 0.302 e. The Bertz CT molecular complexity index is 316. The summed E-state index contributed by atoms with van der Waals surface area (Å²) in [6.45, 7) is 3.51. The summed E-state index contributed by atoms with van der Waals surface area (Å²) in [5.74, 6) is 0. The molecule has 0 aliphatic rings. The van der Waals surface area contributed by atoms with Gasteiger partial charge in [0.05, 0.1) is 10.0 Å². The molecule has 1 heterocycles. The van der Waals surface area contributed by atoms with E-state index in [1.54, 1.807) is 13.8 Å². The highest BCUT2D eigenvalue weighted by Gasteiger charge is 2.25. The van der Waals surface area contributed by atoms with Gasteiger partial charge in [0.1, 0.15) is 6.29 Å². The summed E-state index contributed by atoms with van der Waals surface area (Å²) < 4.78 is 0. The maximum atomic E-state index is 10.8. The quantitative estimate of drug-likeness (QED) is 0.714. The van der Waals surface area contributed by atoms with Crippen LogP contribution in [0.2, 0.25) is 10.0 Å². The van der Waals surface area contributed by atoms with Crippen LogP contribution in [0.15, 0.2) is 12.4 Å². The van der Waals surface area contributed by atoms with Crippen LogP contribution in [-0.2, 0) is 10.2 Å².